The second-order valence-corrected chi connectivity index (χ2v) is 6.00. The Bertz CT molecular complexity index is 477. The van der Waals surface area contributed by atoms with E-state index >= 15 is 0 Å². The number of benzene rings is 1. The molecule has 2 rings (SSSR count). The number of carbonyl (C=O) groups is 1. The summed E-state index contributed by atoms with van der Waals surface area (Å²) in [6, 6.07) is 10.2. The highest BCUT2D eigenvalue weighted by atomic mass is 35.5. The largest absolute Gasteiger partial charge is 0.462 e. The average molecular weight is 324 g/mol. The van der Waals surface area contributed by atoms with Gasteiger partial charge in [-0.1, -0.05) is 43.3 Å². The molecule has 0 amide bonds. The summed E-state index contributed by atoms with van der Waals surface area (Å²) < 4.78 is 5.71. The van der Waals surface area contributed by atoms with E-state index in [9.17, 15) is 4.79 Å². The number of halogens is 1. The Morgan fingerprint density at radius 2 is 2.05 bits per heavy atom. The quantitative estimate of drug-likeness (QED) is 0.614. The molecule has 1 aromatic rings. The molecule has 1 aliphatic rings. The second kappa shape index (κ2) is 8.96. The van der Waals surface area contributed by atoms with Crippen LogP contribution in [0.1, 0.15) is 25.8 Å². The highest BCUT2D eigenvalue weighted by molar-refractivity contribution is 5.85. The van der Waals surface area contributed by atoms with Gasteiger partial charge in [-0.3, -0.25) is 9.69 Å². The van der Waals surface area contributed by atoms with Gasteiger partial charge in [0, 0.05) is 25.0 Å². The van der Waals surface area contributed by atoms with Crippen LogP contribution in [0.2, 0.25) is 0 Å². The third-order valence-electron chi connectivity index (χ3n) is 4.19. The Morgan fingerprint density at radius 3 is 2.68 bits per heavy atom. The van der Waals surface area contributed by atoms with Gasteiger partial charge in [-0.2, -0.15) is 0 Å². The van der Waals surface area contributed by atoms with Crippen LogP contribution in [0, 0.1) is 5.92 Å². The van der Waals surface area contributed by atoms with Crippen LogP contribution in [0.4, 0.5) is 0 Å². The van der Waals surface area contributed by atoms with Gasteiger partial charge < -0.3 is 4.74 Å². The lowest BCUT2D eigenvalue weighted by Crippen LogP contribution is -2.48. The first-order chi connectivity index (χ1) is 10.1. The Morgan fingerprint density at radius 1 is 1.36 bits per heavy atom. The molecule has 22 heavy (non-hydrogen) atoms. The number of likely N-dealkylation sites (tertiary alicyclic amines) is 1. The van der Waals surface area contributed by atoms with Crippen molar-refractivity contribution in [2.24, 2.45) is 5.92 Å². The van der Waals surface area contributed by atoms with Crippen LogP contribution in [0.5, 0.6) is 0 Å². The first kappa shape index (κ1) is 18.7. The molecule has 122 valence electrons. The maximum absolute atomic E-state index is 12.1. The molecule has 0 spiro atoms. The first-order valence-corrected chi connectivity index (χ1v) is 7.68. The summed E-state index contributed by atoms with van der Waals surface area (Å²) in [5, 5.41) is 0. The summed E-state index contributed by atoms with van der Waals surface area (Å²) in [6.45, 7) is 10.00. The van der Waals surface area contributed by atoms with Gasteiger partial charge in [0.2, 0.25) is 0 Å². The van der Waals surface area contributed by atoms with Crippen molar-refractivity contribution in [2.75, 3.05) is 13.1 Å². The molecule has 0 aliphatic carbocycles. The monoisotopic (exact) mass is 323 g/mol. The van der Waals surface area contributed by atoms with Gasteiger partial charge in [0.15, 0.2) is 0 Å². The summed E-state index contributed by atoms with van der Waals surface area (Å²) in [7, 11) is 0. The summed E-state index contributed by atoms with van der Waals surface area (Å²) in [6.07, 6.45) is 3.22. The van der Waals surface area contributed by atoms with E-state index in [1.165, 1.54) is 0 Å². The molecule has 4 heteroatoms. The lowest BCUT2D eigenvalue weighted by atomic mass is 9.91. The van der Waals surface area contributed by atoms with Crippen LogP contribution < -0.4 is 0 Å². The van der Waals surface area contributed by atoms with E-state index in [1.54, 1.807) is 0 Å². The Kier molecular flexibility index (Phi) is 7.63. The van der Waals surface area contributed by atoms with Crippen LogP contribution in [0.15, 0.2) is 43.0 Å². The van der Waals surface area contributed by atoms with Crippen molar-refractivity contribution in [3.8, 4) is 0 Å². The Labute approximate surface area is 139 Å². The van der Waals surface area contributed by atoms with Crippen molar-refractivity contribution in [2.45, 2.75) is 38.8 Å². The van der Waals surface area contributed by atoms with Crippen LogP contribution >= 0.6 is 12.4 Å². The minimum atomic E-state index is -0.123. The highest BCUT2D eigenvalue weighted by Gasteiger charge is 2.32. The molecule has 3 atom stereocenters. The minimum absolute atomic E-state index is 0. The van der Waals surface area contributed by atoms with Crippen LogP contribution in [0.25, 0.3) is 0 Å². The summed E-state index contributed by atoms with van der Waals surface area (Å²) in [4.78, 5) is 14.5. The van der Waals surface area contributed by atoms with Crippen LogP contribution in [-0.4, -0.2) is 36.1 Å². The zero-order valence-electron chi connectivity index (χ0n) is 13.4. The lowest BCUT2D eigenvalue weighted by molar-refractivity contribution is -0.154. The number of hydrogen-bond acceptors (Lipinski definition) is 3. The van der Waals surface area contributed by atoms with Gasteiger partial charge in [0.1, 0.15) is 6.10 Å². The highest BCUT2D eigenvalue weighted by Crippen LogP contribution is 2.25. The normalized spacial score (nSPS) is 25.1. The van der Waals surface area contributed by atoms with Crippen molar-refractivity contribution in [1.82, 2.24) is 4.90 Å². The molecule has 0 aromatic heterocycles. The van der Waals surface area contributed by atoms with Crippen molar-refractivity contribution in [3.05, 3.63) is 48.6 Å². The number of esters is 1. The van der Waals surface area contributed by atoms with Crippen molar-refractivity contribution in [1.29, 1.82) is 0 Å². The zero-order valence-corrected chi connectivity index (χ0v) is 14.2. The van der Waals surface area contributed by atoms with E-state index < -0.39 is 0 Å². The van der Waals surface area contributed by atoms with Crippen molar-refractivity contribution >= 4 is 18.4 Å². The standard InChI is InChI=1S/C18H25NO2.ClH/c1-4-10-19-13-14(2)17(11-15(19)3)21-18(20)12-16-8-6-5-7-9-16;/h4-9,14-15,17H,1,10-13H2,2-3H3;1H. The van der Waals surface area contributed by atoms with Gasteiger partial charge in [0.05, 0.1) is 6.42 Å². The molecule has 0 saturated carbocycles. The molecule has 1 aliphatic heterocycles. The maximum atomic E-state index is 12.1. The van der Waals surface area contributed by atoms with Crippen molar-refractivity contribution in [3.63, 3.8) is 0 Å². The van der Waals surface area contributed by atoms with E-state index in [2.05, 4.69) is 25.3 Å². The van der Waals surface area contributed by atoms with E-state index in [-0.39, 0.29) is 24.5 Å². The molecule has 1 fully saturated rings. The lowest BCUT2D eigenvalue weighted by Gasteiger charge is -2.40. The second-order valence-electron chi connectivity index (χ2n) is 6.00. The fraction of sp³-hybridized carbons (Fsp3) is 0.500. The fourth-order valence-corrected chi connectivity index (χ4v) is 2.94. The van der Waals surface area contributed by atoms with Gasteiger partial charge in [-0.05, 0) is 18.9 Å². The van der Waals surface area contributed by atoms with Gasteiger partial charge >= 0.3 is 5.97 Å². The molecule has 1 heterocycles. The Balaban J connectivity index is 0.00000242. The topological polar surface area (TPSA) is 29.5 Å². The van der Waals surface area contributed by atoms with E-state index in [0.717, 1.165) is 25.1 Å². The molecule has 0 bridgehead atoms. The smallest absolute Gasteiger partial charge is 0.310 e. The predicted molar refractivity (Wildman–Crippen MR) is 92.3 cm³/mol. The number of hydrogen-bond donors (Lipinski definition) is 0. The number of ether oxygens (including phenoxy) is 1. The fourth-order valence-electron chi connectivity index (χ4n) is 2.94. The molecule has 1 aromatic carbocycles. The zero-order chi connectivity index (χ0) is 15.2. The van der Waals surface area contributed by atoms with Crippen LogP contribution in [0.3, 0.4) is 0 Å². The first-order valence-electron chi connectivity index (χ1n) is 7.68. The number of rotatable bonds is 5. The van der Waals surface area contributed by atoms with E-state index in [1.807, 2.05) is 36.4 Å². The molecular formula is C18H26ClNO2. The minimum Gasteiger partial charge on any atom is -0.462 e. The summed E-state index contributed by atoms with van der Waals surface area (Å²) in [5.74, 6) is 0.239. The van der Waals surface area contributed by atoms with E-state index in [4.69, 9.17) is 4.74 Å². The summed E-state index contributed by atoms with van der Waals surface area (Å²) >= 11 is 0. The molecule has 0 N–H and O–H groups in total. The number of nitrogens with zero attached hydrogens (tertiary/aromatic N) is 1. The third kappa shape index (κ3) is 5.15. The molecule has 3 nitrogen and oxygen atoms in total. The average Bonchev–Trinajstić information content (AvgIpc) is 2.45. The van der Waals surface area contributed by atoms with Crippen molar-refractivity contribution < 1.29 is 9.53 Å². The number of carbonyl (C=O) groups excluding carboxylic acids is 1. The SMILES string of the molecule is C=CCN1CC(C)C(OC(=O)Cc2ccccc2)CC1C.Cl. The van der Waals surface area contributed by atoms with Gasteiger partial charge in [-0.25, -0.2) is 0 Å². The van der Waals surface area contributed by atoms with Gasteiger partial charge in [-0.15, -0.1) is 19.0 Å². The Hall–Kier alpha value is -1.32. The third-order valence-corrected chi connectivity index (χ3v) is 4.19. The maximum Gasteiger partial charge on any atom is 0.310 e. The molecule has 0 radical (unpaired) electrons. The number of piperidine rings is 1. The van der Waals surface area contributed by atoms with Gasteiger partial charge in [0.25, 0.3) is 0 Å². The molecule has 1 saturated heterocycles. The summed E-state index contributed by atoms with van der Waals surface area (Å²) in [5.41, 5.74) is 1.01. The molecular weight excluding hydrogens is 298 g/mol. The van der Waals surface area contributed by atoms with E-state index in [0.29, 0.717) is 18.4 Å². The molecule has 3 unspecified atom stereocenters. The predicted octanol–water partition coefficient (Wildman–Crippen LogP) is 3.48. The van der Waals surface area contributed by atoms with Crippen LogP contribution in [-0.2, 0) is 16.0 Å².